The quantitative estimate of drug-likeness (QED) is 0.373. The van der Waals surface area contributed by atoms with Gasteiger partial charge in [0, 0.05) is 34.6 Å². The van der Waals surface area contributed by atoms with Crippen molar-refractivity contribution in [2.75, 3.05) is 0 Å². The summed E-state index contributed by atoms with van der Waals surface area (Å²) in [6.07, 6.45) is 6.36. The standard InChI is InChI=1S/C24H20N4O/c29-28-21-8-4-7-18-15-19(9-10-20(18)21)23-22(16-11-13-25-14-12-16)26-24(27-23)17-5-2-1-3-6-17/h1-3,5-6,9-15,29H,4,7-8H2,(H,26,27)/b28-21-. The zero-order chi connectivity index (χ0) is 19.6. The number of nitrogens with zero attached hydrogens (tertiary/aromatic N) is 3. The van der Waals surface area contributed by atoms with Crippen LogP contribution in [0.25, 0.3) is 33.9 Å². The van der Waals surface area contributed by atoms with Crippen molar-refractivity contribution in [2.24, 2.45) is 5.16 Å². The summed E-state index contributed by atoms with van der Waals surface area (Å²) in [7, 11) is 0. The lowest BCUT2D eigenvalue weighted by molar-refractivity contribution is 0.317. The molecule has 0 aliphatic heterocycles. The molecule has 0 radical (unpaired) electrons. The van der Waals surface area contributed by atoms with E-state index in [1.54, 1.807) is 12.4 Å². The van der Waals surface area contributed by atoms with Gasteiger partial charge in [0.05, 0.1) is 17.1 Å². The molecular formula is C24H20N4O. The Morgan fingerprint density at radius 2 is 1.69 bits per heavy atom. The molecule has 2 N–H and O–H groups in total. The number of aromatic nitrogens is 3. The number of imidazole rings is 1. The van der Waals surface area contributed by atoms with Gasteiger partial charge in [-0.2, -0.15) is 0 Å². The molecule has 2 aromatic carbocycles. The number of nitrogens with one attached hydrogen (secondary N) is 1. The maximum atomic E-state index is 9.31. The molecule has 0 unspecified atom stereocenters. The summed E-state index contributed by atoms with van der Waals surface area (Å²) >= 11 is 0. The number of H-pyrrole nitrogens is 1. The van der Waals surface area contributed by atoms with Gasteiger partial charge < -0.3 is 10.2 Å². The molecule has 0 fully saturated rings. The van der Waals surface area contributed by atoms with Crippen molar-refractivity contribution in [2.45, 2.75) is 19.3 Å². The number of aromatic amines is 1. The van der Waals surface area contributed by atoms with Crippen LogP contribution in [0.5, 0.6) is 0 Å². The predicted octanol–water partition coefficient (Wildman–Crippen LogP) is 5.32. The third-order valence-corrected chi connectivity index (χ3v) is 5.39. The van der Waals surface area contributed by atoms with Crippen LogP contribution in [0.2, 0.25) is 0 Å². The molecule has 5 heteroatoms. The molecule has 0 bridgehead atoms. The van der Waals surface area contributed by atoms with Gasteiger partial charge in [0.25, 0.3) is 0 Å². The lowest BCUT2D eigenvalue weighted by Crippen LogP contribution is -2.11. The van der Waals surface area contributed by atoms with Crippen LogP contribution in [0.1, 0.15) is 24.0 Å². The summed E-state index contributed by atoms with van der Waals surface area (Å²) in [4.78, 5) is 12.6. The Kier molecular flexibility index (Phi) is 4.41. The van der Waals surface area contributed by atoms with Gasteiger partial charge in [-0.05, 0) is 43.0 Å². The fourth-order valence-corrected chi connectivity index (χ4v) is 3.96. The van der Waals surface area contributed by atoms with Gasteiger partial charge >= 0.3 is 0 Å². The van der Waals surface area contributed by atoms with Crippen molar-refractivity contribution < 1.29 is 5.21 Å². The summed E-state index contributed by atoms with van der Waals surface area (Å²) in [5.74, 6) is 0.836. The average Bonchev–Trinajstić information content (AvgIpc) is 3.25. The Bertz CT molecular complexity index is 1180. The molecule has 1 aliphatic rings. The summed E-state index contributed by atoms with van der Waals surface area (Å²) in [5, 5.41) is 12.8. The van der Waals surface area contributed by atoms with Crippen LogP contribution in [0, 0.1) is 0 Å². The van der Waals surface area contributed by atoms with Crippen molar-refractivity contribution in [3.8, 4) is 33.9 Å². The number of pyridine rings is 1. The Labute approximate surface area is 168 Å². The van der Waals surface area contributed by atoms with E-state index in [-0.39, 0.29) is 0 Å². The molecule has 5 rings (SSSR count). The van der Waals surface area contributed by atoms with E-state index < -0.39 is 0 Å². The Morgan fingerprint density at radius 1 is 0.862 bits per heavy atom. The fraction of sp³-hybridized carbons (Fsp3) is 0.125. The number of oxime groups is 1. The molecule has 0 amide bonds. The van der Waals surface area contributed by atoms with Gasteiger partial charge in [-0.3, -0.25) is 4.98 Å². The third-order valence-electron chi connectivity index (χ3n) is 5.39. The second-order valence-corrected chi connectivity index (χ2v) is 7.18. The molecular weight excluding hydrogens is 360 g/mol. The van der Waals surface area contributed by atoms with Crippen LogP contribution >= 0.6 is 0 Å². The zero-order valence-electron chi connectivity index (χ0n) is 15.8. The van der Waals surface area contributed by atoms with Crippen LogP contribution in [0.4, 0.5) is 0 Å². The largest absolute Gasteiger partial charge is 0.411 e. The minimum absolute atomic E-state index is 0.763. The van der Waals surface area contributed by atoms with E-state index in [1.165, 1.54) is 5.56 Å². The van der Waals surface area contributed by atoms with E-state index in [9.17, 15) is 5.21 Å². The van der Waals surface area contributed by atoms with Crippen LogP contribution < -0.4 is 0 Å². The second kappa shape index (κ2) is 7.36. The summed E-state index contributed by atoms with van der Waals surface area (Å²) in [5.41, 5.74) is 8.01. The van der Waals surface area contributed by atoms with E-state index in [1.807, 2.05) is 36.4 Å². The average molecular weight is 380 g/mol. The lowest BCUT2D eigenvalue weighted by atomic mass is 9.88. The first kappa shape index (κ1) is 17.4. The summed E-state index contributed by atoms with van der Waals surface area (Å²) < 4.78 is 0. The molecule has 0 saturated carbocycles. The monoisotopic (exact) mass is 380 g/mol. The van der Waals surface area contributed by atoms with Crippen molar-refractivity contribution in [3.63, 3.8) is 0 Å². The third kappa shape index (κ3) is 3.21. The minimum Gasteiger partial charge on any atom is -0.411 e. The molecule has 0 spiro atoms. The molecule has 4 aromatic rings. The van der Waals surface area contributed by atoms with E-state index in [0.29, 0.717) is 0 Å². The molecule has 2 aromatic heterocycles. The minimum atomic E-state index is 0.763. The van der Waals surface area contributed by atoms with E-state index in [2.05, 4.69) is 39.4 Å². The highest BCUT2D eigenvalue weighted by Gasteiger charge is 2.20. The zero-order valence-corrected chi connectivity index (χ0v) is 15.8. The van der Waals surface area contributed by atoms with Crippen LogP contribution in [0.15, 0.2) is 78.2 Å². The molecule has 5 nitrogen and oxygen atoms in total. The number of hydrogen-bond donors (Lipinski definition) is 2. The van der Waals surface area contributed by atoms with Crippen molar-refractivity contribution in [1.82, 2.24) is 15.0 Å². The fourth-order valence-electron chi connectivity index (χ4n) is 3.96. The highest BCUT2D eigenvalue weighted by Crippen LogP contribution is 2.35. The molecule has 1 aliphatic carbocycles. The van der Waals surface area contributed by atoms with Crippen LogP contribution in [-0.4, -0.2) is 25.9 Å². The summed E-state index contributed by atoms with van der Waals surface area (Å²) in [6, 6.07) is 20.4. The molecule has 2 heterocycles. The number of hydrogen-bond acceptors (Lipinski definition) is 4. The number of benzene rings is 2. The van der Waals surface area contributed by atoms with Gasteiger partial charge in [0.1, 0.15) is 5.82 Å². The van der Waals surface area contributed by atoms with Gasteiger partial charge in [-0.25, -0.2) is 4.98 Å². The van der Waals surface area contributed by atoms with Crippen LogP contribution in [0.3, 0.4) is 0 Å². The number of fused-ring (bicyclic) bond motifs is 1. The highest BCUT2D eigenvalue weighted by molar-refractivity contribution is 6.02. The number of aryl methyl sites for hydroxylation is 1. The first-order valence-electron chi connectivity index (χ1n) is 9.74. The van der Waals surface area contributed by atoms with Crippen LogP contribution in [-0.2, 0) is 6.42 Å². The molecule has 0 atom stereocenters. The lowest BCUT2D eigenvalue weighted by Gasteiger charge is -2.17. The maximum absolute atomic E-state index is 9.31. The SMILES string of the molecule is O/N=C1/CCCc2cc(-c3nc(-c4ccccc4)[nH]c3-c3ccncc3)ccc21. The molecule has 0 saturated heterocycles. The maximum Gasteiger partial charge on any atom is 0.138 e. The normalized spacial score (nSPS) is 14.7. The Balaban J connectivity index is 1.67. The van der Waals surface area contributed by atoms with E-state index in [4.69, 9.17) is 4.98 Å². The Morgan fingerprint density at radius 3 is 2.48 bits per heavy atom. The van der Waals surface area contributed by atoms with Gasteiger partial charge in [0.2, 0.25) is 0 Å². The molecule has 29 heavy (non-hydrogen) atoms. The Hall–Kier alpha value is -3.73. The highest BCUT2D eigenvalue weighted by atomic mass is 16.4. The first-order valence-corrected chi connectivity index (χ1v) is 9.74. The summed E-state index contributed by atoms with van der Waals surface area (Å²) in [6.45, 7) is 0. The van der Waals surface area contributed by atoms with Crippen molar-refractivity contribution in [1.29, 1.82) is 0 Å². The van der Waals surface area contributed by atoms with E-state index >= 15 is 0 Å². The topological polar surface area (TPSA) is 74.2 Å². The van der Waals surface area contributed by atoms with Crippen molar-refractivity contribution in [3.05, 3.63) is 84.2 Å². The van der Waals surface area contributed by atoms with E-state index in [0.717, 1.165) is 64.4 Å². The predicted molar refractivity (Wildman–Crippen MR) is 114 cm³/mol. The van der Waals surface area contributed by atoms with Gasteiger partial charge in [-0.1, -0.05) is 47.6 Å². The number of rotatable bonds is 3. The van der Waals surface area contributed by atoms with Gasteiger partial charge in [-0.15, -0.1) is 0 Å². The first-order chi connectivity index (χ1) is 14.3. The molecule has 142 valence electrons. The van der Waals surface area contributed by atoms with Gasteiger partial charge in [0.15, 0.2) is 0 Å². The smallest absolute Gasteiger partial charge is 0.138 e. The second-order valence-electron chi connectivity index (χ2n) is 7.18. The van der Waals surface area contributed by atoms with Crippen molar-refractivity contribution >= 4 is 5.71 Å².